The Balaban J connectivity index is 2.40. The van der Waals surface area contributed by atoms with Crippen LogP contribution in [0.1, 0.15) is 5.56 Å². The molecule has 0 saturated carbocycles. The first-order chi connectivity index (χ1) is 9.11. The summed E-state index contributed by atoms with van der Waals surface area (Å²) in [5.41, 5.74) is 4.34. The van der Waals surface area contributed by atoms with E-state index in [4.69, 9.17) is 22.3 Å². The first-order valence-corrected chi connectivity index (χ1v) is 6.37. The molecule has 0 radical (unpaired) electrons. The normalized spacial score (nSPS) is 10.5. The lowest BCUT2D eigenvalue weighted by Crippen LogP contribution is -2.08. The van der Waals surface area contributed by atoms with Crippen molar-refractivity contribution in [2.45, 2.75) is 6.61 Å². The molecule has 2 N–H and O–H groups in total. The van der Waals surface area contributed by atoms with Gasteiger partial charge in [0.25, 0.3) is 0 Å². The van der Waals surface area contributed by atoms with Crippen LogP contribution in [-0.4, -0.2) is 14.1 Å². The number of anilines is 1. The van der Waals surface area contributed by atoms with Crippen LogP contribution >= 0.6 is 11.6 Å². The Bertz CT molecular complexity index is 553. The van der Waals surface area contributed by atoms with Crippen molar-refractivity contribution in [1.29, 1.82) is 0 Å². The Hall–Kier alpha value is -1.55. The lowest BCUT2D eigenvalue weighted by atomic mass is 10.00. The standard InChI is InChI=1S/C15H17ClN2O/c1-18(2)14-6-3-11(4-7-14)15-8-5-13(16)9-12(15)10-19-17/h3-9H,10,17H2,1-2H3. The smallest absolute Gasteiger partial charge is 0.0936 e. The molecule has 0 bridgehead atoms. The average Bonchev–Trinajstić information content (AvgIpc) is 2.39. The van der Waals surface area contributed by atoms with Crippen LogP contribution in [0.25, 0.3) is 11.1 Å². The van der Waals surface area contributed by atoms with E-state index in [1.54, 1.807) is 0 Å². The topological polar surface area (TPSA) is 38.5 Å². The summed E-state index contributed by atoms with van der Waals surface area (Å²) < 4.78 is 0. The van der Waals surface area contributed by atoms with Gasteiger partial charge in [0.1, 0.15) is 0 Å². The van der Waals surface area contributed by atoms with Crippen molar-refractivity contribution in [1.82, 2.24) is 0 Å². The van der Waals surface area contributed by atoms with Gasteiger partial charge in [-0.15, -0.1) is 0 Å². The highest BCUT2D eigenvalue weighted by atomic mass is 35.5. The summed E-state index contributed by atoms with van der Waals surface area (Å²) in [6, 6.07) is 14.1. The van der Waals surface area contributed by atoms with Gasteiger partial charge in [0.05, 0.1) is 6.61 Å². The van der Waals surface area contributed by atoms with E-state index < -0.39 is 0 Å². The molecule has 3 nitrogen and oxygen atoms in total. The van der Waals surface area contributed by atoms with Gasteiger partial charge in [0, 0.05) is 24.8 Å². The highest BCUT2D eigenvalue weighted by molar-refractivity contribution is 6.30. The fraction of sp³-hybridized carbons (Fsp3) is 0.200. The molecule has 0 aliphatic carbocycles. The molecule has 0 heterocycles. The van der Waals surface area contributed by atoms with Gasteiger partial charge in [-0.1, -0.05) is 29.8 Å². The van der Waals surface area contributed by atoms with Gasteiger partial charge in [-0.25, -0.2) is 5.90 Å². The van der Waals surface area contributed by atoms with E-state index in [9.17, 15) is 0 Å². The van der Waals surface area contributed by atoms with Gasteiger partial charge in [-0.05, 0) is 41.0 Å². The molecule has 0 saturated heterocycles. The van der Waals surface area contributed by atoms with E-state index in [1.165, 1.54) is 0 Å². The average molecular weight is 277 g/mol. The summed E-state index contributed by atoms with van der Waals surface area (Å²) in [4.78, 5) is 6.81. The molecule has 2 rings (SSSR count). The van der Waals surface area contributed by atoms with Crippen LogP contribution in [0.15, 0.2) is 42.5 Å². The van der Waals surface area contributed by atoms with Crippen molar-refractivity contribution in [2.75, 3.05) is 19.0 Å². The zero-order valence-corrected chi connectivity index (χ0v) is 11.8. The molecule has 0 aliphatic rings. The van der Waals surface area contributed by atoms with E-state index in [-0.39, 0.29) is 0 Å². The molecule has 0 unspecified atom stereocenters. The van der Waals surface area contributed by atoms with Crippen LogP contribution < -0.4 is 10.8 Å². The fourth-order valence-corrected chi connectivity index (χ4v) is 2.19. The zero-order valence-electron chi connectivity index (χ0n) is 11.1. The van der Waals surface area contributed by atoms with Crippen LogP contribution in [0.3, 0.4) is 0 Å². The van der Waals surface area contributed by atoms with Crippen LogP contribution in [-0.2, 0) is 11.4 Å². The van der Waals surface area contributed by atoms with E-state index in [2.05, 4.69) is 29.2 Å². The Morgan fingerprint density at radius 2 is 1.79 bits per heavy atom. The minimum atomic E-state index is 0.339. The Kier molecular flexibility index (Phi) is 4.43. The summed E-state index contributed by atoms with van der Waals surface area (Å²) >= 11 is 6.00. The second-order valence-corrected chi connectivity index (χ2v) is 4.99. The molecule has 0 aromatic heterocycles. The van der Waals surface area contributed by atoms with Crippen molar-refractivity contribution < 1.29 is 4.84 Å². The number of nitrogens with two attached hydrogens (primary N) is 1. The minimum absolute atomic E-state index is 0.339. The third-order valence-electron chi connectivity index (χ3n) is 3.00. The van der Waals surface area contributed by atoms with Crippen molar-refractivity contribution in [3.63, 3.8) is 0 Å². The summed E-state index contributed by atoms with van der Waals surface area (Å²) in [7, 11) is 4.04. The summed E-state index contributed by atoms with van der Waals surface area (Å²) in [6.07, 6.45) is 0. The van der Waals surface area contributed by atoms with Crippen molar-refractivity contribution in [2.24, 2.45) is 5.90 Å². The summed E-state index contributed by atoms with van der Waals surface area (Å²) in [5, 5.41) is 0.681. The molecular formula is C15H17ClN2O. The van der Waals surface area contributed by atoms with Gasteiger partial charge in [-0.3, -0.25) is 4.84 Å². The lowest BCUT2D eigenvalue weighted by Gasteiger charge is -2.14. The molecule has 0 fully saturated rings. The fourth-order valence-electron chi connectivity index (χ4n) is 1.99. The first kappa shape index (κ1) is 13.9. The number of nitrogens with zero attached hydrogens (tertiary/aromatic N) is 1. The van der Waals surface area contributed by atoms with Crippen molar-refractivity contribution in [3.05, 3.63) is 53.1 Å². The molecule has 0 atom stereocenters. The largest absolute Gasteiger partial charge is 0.378 e. The number of hydrogen-bond donors (Lipinski definition) is 1. The predicted octanol–water partition coefficient (Wildman–Crippen LogP) is 3.46. The van der Waals surface area contributed by atoms with Crippen molar-refractivity contribution in [3.8, 4) is 11.1 Å². The maximum atomic E-state index is 6.00. The third kappa shape index (κ3) is 3.26. The Labute approximate surface area is 118 Å². The monoisotopic (exact) mass is 276 g/mol. The predicted molar refractivity (Wildman–Crippen MR) is 80.2 cm³/mol. The SMILES string of the molecule is CN(C)c1ccc(-c2ccc(Cl)cc2CON)cc1. The second kappa shape index (κ2) is 6.06. The van der Waals surface area contributed by atoms with Gasteiger partial charge in [0.2, 0.25) is 0 Å². The van der Waals surface area contributed by atoms with Crippen LogP contribution in [0, 0.1) is 0 Å². The highest BCUT2D eigenvalue weighted by Crippen LogP contribution is 2.28. The molecule has 4 heteroatoms. The number of benzene rings is 2. The molecule has 100 valence electrons. The zero-order chi connectivity index (χ0) is 13.8. The van der Waals surface area contributed by atoms with Gasteiger partial charge in [-0.2, -0.15) is 0 Å². The quantitative estimate of drug-likeness (QED) is 0.869. The van der Waals surface area contributed by atoms with Crippen LogP contribution in [0.5, 0.6) is 0 Å². The molecule has 19 heavy (non-hydrogen) atoms. The maximum absolute atomic E-state index is 6.00. The molecule has 0 amide bonds. The van der Waals surface area contributed by atoms with Crippen molar-refractivity contribution >= 4 is 17.3 Å². The molecule has 2 aromatic rings. The third-order valence-corrected chi connectivity index (χ3v) is 3.24. The molecular weight excluding hydrogens is 260 g/mol. The second-order valence-electron chi connectivity index (χ2n) is 4.55. The molecule has 0 aliphatic heterocycles. The highest BCUT2D eigenvalue weighted by Gasteiger charge is 2.06. The Morgan fingerprint density at radius 1 is 1.11 bits per heavy atom. The number of halogens is 1. The van der Waals surface area contributed by atoms with E-state index >= 15 is 0 Å². The minimum Gasteiger partial charge on any atom is -0.378 e. The first-order valence-electron chi connectivity index (χ1n) is 5.99. The molecule has 0 spiro atoms. The summed E-state index contributed by atoms with van der Waals surface area (Å²) in [6.45, 7) is 0.339. The van der Waals surface area contributed by atoms with Gasteiger partial charge >= 0.3 is 0 Å². The van der Waals surface area contributed by atoms with Crippen LogP contribution in [0.2, 0.25) is 5.02 Å². The van der Waals surface area contributed by atoms with E-state index in [0.717, 1.165) is 22.4 Å². The van der Waals surface area contributed by atoms with Gasteiger partial charge < -0.3 is 4.90 Å². The molecule has 2 aromatic carbocycles. The summed E-state index contributed by atoms with van der Waals surface area (Å²) in [5.74, 6) is 5.17. The number of rotatable bonds is 4. The maximum Gasteiger partial charge on any atom is 0.0936 e. The number of hydrogen-bond acceptors (Lipinski definition) is 3. The Morgan fingerprint density at radius 3 is 2.37 bits per heavy atom. The van der Waals surface area contributed by atoms with Crippen LogP contribution in [0.4, 0.5) is 5.69 Å². The van der Waals surface area contributed by atoms with Gasteiger partial charge in [0.15, 0.2) is 0 Å². The lowest BCUT2D eigenvalue weighted by molar-refractivity contribution is 0.124. The van der Waals surface area contributed by atoms with E-state index in [0.29, 0.717) is 11.6 Å². The van der Waals surface area contributed by atoms with E-state index in [1.807, 2.05) is 32.3 Å².